The minimum Gasteiger partial charge on any atom is -0.461 e. The summed E-state index contributed by atoms with van der Waals surface area (Å²) in [5.74, 6) is -1.15. The van der Waals surface area contributed by atoms with E-state index in [1.807, 2.05) is 0 Å². The second-order valence-corrected chi connectivity index (χ2v) is 5.77. The first-order valence-corrected chi connectivity index (χ1v) is 8.24. The highest BCUT2D eigenvalue weighted by Gasteiger charge is 2.23. The summed E-state index contributed by atoms with van der Waals surface area (Å²) >= 11 is 0. The van der Waals surface area contributed by atoms with Crippen molar-refractivity contribution in [1.82, 2.24) is 9.78 Å². The summed E-state index contributed by atoms with van der Waals surface area (Å²) in [6.07, 6.45) is 3.09. The molecule has 0 saturated carbocycles. The second-order valence-electron chi connectivity index (χ2n) is 5.77. The van der Waals surface area contributed by atoms with E-state index in [1.54, 1.807) is 17.8 Å². The molecule has 0 atom stereocenters. The Kier molecular flexibility index (Phi) is 5.23. The van der Waals surface area contributed by atoms with Gasteiger partial charge in [0.05, 0.1) is 12.6 Å². The fraction of sp³-hybridized carbons (Fsp3) is 0.389. The van der Waals surface area contributed by atoms with Gasteiger partial charge in [0.15, 0.2) is 0 Å². The van der Waals surface area contributed by atoms with E-state index >= 15 is 0 Å². The predicted octanol–water partition coefficient (Wildman–Crippen LogP) is 2.58. The minimum atomic E-state index is -0.753. The number of nitrogens with zero attached hydrogens (tertiary/aromatic N) is 2. The number of esters is 1. The van der Waals surface area contributed by atoms with E-state index in [0.29, 0.717) is 24.3 Å². The van der Waals surface area contributed by atoms with Gasteiger partial charge < -0.3 is 9.47 Å². The standard InChI is InChI=1S/C18H19FN2O4/c1-2-25-18(23)16-17(22)15(12-3-5-13(19)6-4-12)11-21(20-16)14-7-9-24-10-8-14/h3-6,11,14H,2,7-10H2,1H3. The van der Waals surface area contributed by atoms with Crippen LogP contribution in [0.25, 0.3) is 11.1 Å². The molecule has 6 nitrogen and oxygen atoms in total. The Labute approximate surface area is 144 Å². The Balaban J connectivity index is 2.11. The molecule has 3 rings (SSSR count). The number of carbonyl (C=O) groups is 1. The van der Waals surface area contributed by atoms with Crippen molar-refractivity contribution < 1.29 is 18.7 Å². The van der Waals surface area contributed by atoms with Gasteiger partial charge in [0, 0.05) is 25.0 Å². The normalized spacial score (nSPS) is 15.1. The summed E-state index contributed by atoms with van der Waals surface area (Å²) in [5.41, 5.74) is 0.0493. The molecule has 2 heterocycles. The lowest BCUT2D eigenvalue weighted by Crippen LogP contribution is -2.29. The zero-order valence-corrected chi connectivity index (χ0v) is 13.9. The van der Waals surface area contributed by atoms with Crippen LogP contribution in [0.15, 0.2) is 35.3 Å². The minimum absolute atomic E-state index is 0.0294. The maximum absolute atomic E-state index is 13.2. The van der Waals surface area contributed by atoms with Crippen molar-refractivity contribution in [1.29, 1.82) is 0 Å². The van der Waals surface area contributed by atoms with Gasteiger partial charge in [-0.3, -0.25) is 9.48 Å². The lowest BCUT2D eigenvalue weighted by atomic mass is 10.1. The average molecular weight is 346 g/mol. The fourth-order valence-corrected chi connectivity index (χ4v) is 2.81. The molecule has 0 bridgehead atoms. The number of rotatable bonds is 4. The first-order chi connectivity index (χ1) is 12.1. The fourth-order valence-electron chi connectivity index (χ4n) is 2.81. The molecule has 7 heteroatoms. The largest absolute Gasteiger partial charge is 0.461 e. The third kappa shape index (κ3) is 3.76. The van der Waals surface area contributed by atoms with Crippen molar-refractivity contribution >= 4 is 5.97 Å². The lowest BCUT2D eigenvalue weighted by Gasteiger charge is -2.24. The Morgan fingerprint density at radius 2 is 2.00 bits per heavy atom. The molecular formula is C18H19FN2O4. The van der Waals surface area contributed by atoms with Gasteiger partial charge >= 0.3 is 5.97 Å². The Morgan fingerprint density at radius 3 is 2.64 bits per heavy atom. The molecule has 1 fully saturated rings. The molecule has 1 aromatic heterocycles. The van der Waals surface area contributed by atoms with Crippen LogP contribution in [-0.2, 0) is 9.47 Å². The van der Waals surface area contributed by atoms with Crippen molar-refractivity contribution in [2.75, 3.05) is 19.8 Å². The van der Waals surface area contributed by atoms with E-state index in [-0.39, 0.29) is 18.3 Å². The zero-order chi connectivity index (χ0) is 17.8. The number of aromatic nitrogens is 2. The SMILES string of the molecule is CCOC(=O)c1nn(C2CCOCC2)cc(-c2ccc(F)cc2)c1=O. The predicted molar refractivity (Wildman–Crippen MR) is 88.9 cm³/mol. The van der Waals surface area contributed by atoms with Gasteiger partial charge in [0.25, 0.3) is 0 Å². The van der Waals surface area contributed by atoms with Crippen molar-refractivity contribution in [3.8, 4) is 11.1 Å². The molecule has 0 radical (unpaired) electrons. The van der Waals surface area contributed by atoms with Gasteiger partial charge in [-0.05, 0) is 37.5 Å². The topological polar surface area (TPSA) is 70.4 Å². The number of carbonyl (C=O) groups excluding carboxylic acids is 1. The van der Waals surface area contributed by atoms with Gasteiger partial charge in [-0.2, -0.15) is 5.10 Å². The van der Waals surface area contributed by atoms with Crippen LogP contribution < -0.4 is 5.43 Å². The molecule has 1 aliphatic heterocycles. The van der Waals surface area contributed by atoms with Crippen LogP contribution in [0.1, 0.15) is 36.3 Å². The van der Waals surface area contributed by atoms with E-state index in [1.165, 1.54) is 24.3 Å². The molecule has 1 saturated heterocycles. The highest BCUT2D eigenvalue weighted by Crippen LogP contribution is 2.23. The monoisotopic (exact) mass is 346 g/mol. The van der Waals surface area contributed by atoms with E-state index in [9.17, 15) is 14.0 Å². The molecular weight excluding hydrogens is 327 g/mol. The maximum Gasteiger partial charge on any atom is 0.362 e. The van der Waals surface area contributed by atoms with E-state index in [2.05, 4.69) is 5.10 Å². The number of ether oxygens (including phenoxy) is 2. The maximum atomic E-state index is 13.2. The molecule has 132 valence electrons. The highest BCUT2D eigenvalue weighted by atomic mass is 19.1. The molecule has 25 heavy (non-hydrogen) atoms. The highest BCUT2D eigenvalue weighted by molar-refractivity contribution is 5.88. The van der Waals surface area contributed by atoms with Gasteiger partial charge in [-0.15, -0.1) is 0 Å². The molecule has 0 N–H and O–H groups in total. The number of hydrogen-bond donors (Lipinski definition) is 0. The molecule has 0 aliphatic carbocycles. The Bertz CT molecular complexity index is 811. The average Bonchev–Trinajstić information content (AvgIpc) is 2.63. The van der Waals surface area contributed by atoms with Crippen molar-refractivity contribution in [2.24, 2.45) is 0 Å². The van der Waals surface area contributed by atoms with Gasteiger partial charge in [0.1, 0.15) is 5.82 Å². The van der Waals surface area contributed by atoms with Crippen molar-refractivity contribution in [2.45, 2.75) is 25.8 Å². The lowest BCUT2D eigenvalue weighted by molar-refractivity contribution is 0.0505. The van der Waals surface area contributed by atoms with Crippen LogP contribution in [0, 0.1) is 5.82 Å². The second kappa shape index (κ2) is 7.57. The van der Waals surface area contributed by atoms with Gasteiger partial charge in [-0.25, -0.2) is 9.18 Å². The van der Waals surface area contributed by atoms with Crippen LogP contribution in [-0.4, -0.2) is 35.6 Å². The van der Waals surface area contributed by atoms with Gasteiger partial charge in [0.2, 0.25) is 11.1 Å². The Morgan fingerprint density at radius 1 is 1.32 bits per heavy atom. The quantitative estimate of drug-likeness (QED) is 0.796. The summed E-state index contributed by atoms with van der Waals surface area (Å²) in [6.45, 7) is 3.01. The van der Waals surface area contributed by atoms with Crippen LogP contribution in [0.4, 0.5) is 4.39 Å². The van der Waals surface area contributed by atoms with Crippen LogP contribution >= 0.6 is 0 Å². The molecule has 1 aliphatic rings. The molecule has 0 spiro atoms. The van der Waals surface area contributed by atoms with Gasteiger partial charge in [-0.1, -0.05) is 12.1 Å². The van der Waals surface area contributed by atoms with Crippen LogP contribution in [0.2, 0.25) is 0 Å². The molecule has 1 aromatic carbocycles. The first-order valence-electron chi connectivity index (χ1n) is 8.24. The van der Waals surface area contributed by atoms with Crippen molar-refractivity contribution in [3.63, 3.8) is 0 Å². The summed E-state index contributed by atoms with van der Waals surface area (Å²) in [7, 11) is 0. The van der Waals surface area contributed by atoms with Crippen molar-refractivity contribution in [3.05, 3.63) is 52.2 Å². The summed E-state index contributed by atoms with van der Waals surface area (Å²) < 4.78 is 25.1. The third-order valence-corrected chi connectivity index (χ3v) is 4.13. The third-order valence-electron chi connectivity index (χ3n) is 4.13. The number of benzene rings is 1. The summed E-state index contributed by atoms with van der Waals surface area (Å²) in [6, 6.07) is 5.60. The smallest absolute Gasteiger partial charge is 0.362 e. The zero-order valence-electron chi connectivity index (χ0n) is 13.9. The number of hydrogen-bond acceptors (Lipinski definition) is 5. The van der Waals surface area contributed by atoms with E-state index in [0.717, 1.165) is 12.8 Å². The first kappa shape index (κ1) is 17.3. The molecule has 2 aromatic rings. The van der Waals surface area contributed by atoms with E-state index in [4.69, 9.17) is 9.47 Å². The van der Waals surface area contributed by atoms with E-state index < -0.39 is 17.2 Å². The summed E-state index contributed by atoms with van der Waals surface area (Å²) in [4.78, 5) is 24.9. The summed E-state index contributed by atoms with van der Waals surface area (Å²) in [5, 5.41) is 4.22. The van der Waals surface area contributed by atoms with Crippen LogP contribution in [0.3, 0.4) is 0 Å². The Hall–Kier alpha value is -2.54. The van der Waals surface area contributed by atoms with Crippen LogP contribution in [0.5, 0.6) is 0 Å². The molecule has 0 amide bonds. The number of halogens is 1. The molecule has 0 unspecified atom stereocenters.